The fourth-order valence-electron chi connectivity index (χ4n) is 8.97. The van der Waals surface area contributed by atoms with E-state index in [2.05, 4.69) is 0 Å². The zero-order valence-electron chi connectivity index (χ0n) is 28.3. The number of non-ortho nitro benzene ring substituents is 1. The predicted molar refractivity (Wildman–Crippen MR) is 196 cm³/mol. The lowest BCUT2D eigenvalue weighted by Gasteiger charge is -2.49. The number of benzene rings is 4. The van der Waals surface area contributed by atoms with Crippen LogP contribution in [0.4, 0.5) is 17.1 Å². The maximum Gasteiger partial charge on any atom is 0.269 e. The molecular weight excluding hydrogens is 698 g/mol. The van der Waals surface area contributed by atoms with E-state index < -0.39 is 63.6 Å². The molecule has 4 amide bonds. The lowest BCUT2D eigenvalue weighted by atomic mass is 9.50. The Hall–Kier alpha value is -6.07. The van der Waals surface area contributed by atoms with Gasteiger partial charge in [-0.25, -0.2) is 4.90 Å². The van der Waals surface area contributed by atoms with Gasteiger partial charge in [0, 0.05) is 23.1 Å². The number of aromatic hydroxyl groups is 1. The Balaban J connectivity index is 1.30. The van der Waals surface area contributed by atoms with Crippen molar-refractivity contribution in [1.82, 2.24) is 0 Å². The number of nitrogens with zero attached hydrogens (tertiary/aromatic N) is 3. The summed E-state index contributed by atoms with van der Waals surface area (Å²) >= 11 is 6.38. The van der Waals surface area contributed by atoms with Gasteiger partial charge in [0.25, 0.3) is 5.69 Å². The Labute approximate surface area is 308 Å². The molecule has 2 aliphatic carbocycles. The molecule has 2 saturated heterocycles. The van der Waals surface area contributed by atoms with Crippen LogP contribution in [0.15, 0.2) is 115 Å². The smallest absolute Gasteiger partial charge is 0.269 e. The minimum absolute atomic E-state index is 0.0417. The Bertz CT molecular complexity index is 2270. The quantitative estimate of drug-likeness (QED) is 0.0938. The molecule has 53 heavy (non-hydrogen) atoms. The molecule has 4 aromatic rings. The lowest BCUT2D eigenvalue weighted by Crippen LogP contribution is -2.54. The molecule has 11 nitrogen and oxygen atoms in total. The van der Waals surface area contributed by atoms with E-state index in [1.807, 2.05) is 48.6 Å². The van der Waals surface area contributed by atoms with Crippen LogP contribution < -0.4 is 14.5 Å². The highest BCUT2D eigenvalue weighted by Gasteiger charge is 2.69. The minimum Gasteiger partial charge on any atom is -0.504 e. The van der Waals surface area contributed by atoms with Crippen LogP contribution in [0.2, 0.25) is 5.02 Å². The molecule has 3 fully saturated rings. The van der Waals surface area contributed by atoms with E-state index in [-0.39, 0.29) is 35.7 Å². The monoisotopic (exact) mass is 729 g/mol. The summed E-state index contributed by atoms with van der Waals surface area (Å²) in [5.74, 6) is -5.34. The first-order valence-corrected chi connectivity index (χ1v) is 17.5. The number of fused-ring (bicyclic) bond motifs is 4. The molecule has 4 aromatic carbocycles. The second kappa shape index (κ2) is 12.9. The van der Waals surface area contributed by atoms with E-state index >= 15 is 4.79 Å². The van der Waals surface area contributed by atoms with Gasteiger partial charge in [-0.15, -0.1) is 0 Å². The van der Waals surface area contributed by atoms with Crippen LogP contribution in [0.5, 0.6) is 11.5 Å². The summed E-state index contributed by atoms with van der Waals surface area (Å²) in [5.41, 5.74) is 1.02. The van der Waals surface area contributed by atoms with Crippen molar-refractivity contribution in [1.29, 1.82) is 0 Å². The van der Waals surface area contributed by atoms with E-state index in [0.717, 1.165) is 10.5 Å². The molecular formula is C41H32ClN3O8. The van der Waals surface area contributed by atoms with Crippen LogP contribution >= 0.6 is 11.6 Å². The van der Waals surface area contributed by atoms with Crippen LogP contribution in [-0.4, -0.2) is 40.8 Å². The van der Waals surface area contributed by atoms with E-state index in [9.17, 15) is 29.6 Å². The molecule has 0 radical (unpaired) electrons. The molecule has 4 aliphatic rings. The zero-order valence-corrected chi connectivity index (χ0v) is 29.1. The summed E-state index contributed by atoms with van der Waals surface area (Å²) in [4.78, 5) is 71.5. The number of anilines is 2. The number of imide groups is 2. The second-order valence-electron chi connectivity index (χ2n) is 13.7. The molecule has 1 saturated carbocycles. The van der Waals surface area contributed by atoms with E-state index in [1.165, 1.54) is 42.3 Å². The number of carbonyl (C=O) groups is 4. The maximum absolute atomic E-state index is 15.3. The molecule has 6 unspecified atom stereocenters. The van der Waals surface area contributed by atoms with Gasteiger partial charge in [-0.3, -0.25) is 34.2 Å². The van der Waals surface area contributed by atoms with Crippen molar-refractivity contribution in [2.45, 2.75) is 18.3 Å². The fourth-order valence-corrected chi connectivity index (χ4v) is 9.16. The van der Waals surface area contributed by atoms with E-state index in [4.69, 9.17) is 16.3 Å². The van der Waals surface area contributed by atoms with Gasteiger partial charge in [-0.1, -0.05) is 77.9 Å². The maximum atomic E-state index is 15.3. The Morgan fingerprint density at radius 3 is 2.32 bits per heavy atom. The van der Waals surface area contributed by atoms with Crippen molar-refractivity contribution in [3.63, 3.8) is 0 Å². The van der Waals surface area contributed by atoms with Crippen molar-refractivity contribution in [3.05, 3.63) is 141 Å². The molecule has 8 rings (SSSR count). The van der Waals surface area contributed by atoms with Crippen LogP contribution in [-0.2, 0) is 24.6 Å². The number of hydrogen-bond donors (Lipinski definition) is 1. The molecule has 6 atom stereocenters. The van der Waals surface area contributed by atoms with Gasteiger partial charge in [-0.2, -0.15) is 0 Å². The highest BCUT2D eigenvalue weighted by molar-refractivity contribution is 6.32. The molecule has 266 valence electrons. The van der Waals surface area contributed by atoms with Gasteiger partial charge in [0.1, 0.15) is 0 Å². The number of allylic oxidation sites excluding steroid dienone is 3. The number of ether oxygens (including phenoxy) is 1. The van der Waals surface area contributed by atoms with Crippen LogP contribution in [0, 0.1) is 39.7 Å². The second-order valence-corrected chi connectivity index (χ2v) is 14.2. The lowest BCUT2D eigenvalue weighted by molar-refractivity contribution is -0.384. The van der Waals surface area contributed by atoms with Crippen LogP contribution in [0.1, 0.15) is 24.0 Å². The number of halogens is 1. The van der Waals surface area contributed by atoms with E-state index in [1.54, 1.807) is 36.4 Å². The van der Waals surface area contributed by atoms with Crippen molar-refractivity contribution in [2.24, 2.45) is 29.6 Å². The number of carbonyl (C=O) groups excluding carboxylic acids is 4. The molecule has 12 heteroatoms. The van der Waals surface area contributed by atoms with Crippen molar-refractivity contribution in [3.8, 4) is 11.5 Å². The highest BCUT2D eigenvalue weighted by atomic mass is 35.5. The number of nitro benzene ring substituents is 1. The average molecular weight is 730 g/mol. The fraction of sp³-hybridized carbons (Fsp3) is 0.220. The molecule has 1 N–H and O–H groups in total. The van der Waals surface area contributed by atoms with Crippen molar-refractivity contribution >= 4 is 58.4 Å². The van der Waals surface area contributed by atoms with Crippen LogP contribution in [0.3, 0.4) is 0 Å². The van der Waals surface area contributed by atoms with Gasteiger partial charge < -0.3 is 9.84 Å². The Kier molecular flexibility index (Phi) is 8.26. The minimum atomic E-state index is -1.43. The highest BCUT2D eigenvalue weighted by Crippen LogP contribution is 2.62. The number of hydrogen-bond acceptors (Lipinski definition) is 8. The number of methoxy groups -OCH3 is 1. The van der Waals surface area contributed by atoms with Gasteiger partial charge in [0.2, 0.25) is 23.6 Å². The number of phenolic OH excluding ortho intramolecular Hbond substituents is 1. The normalized spacial score (nSPS) is 26.4. The molecule has 0 aromatic heterocycles. The van der Waals surface area contributed by atoms with Crippen LogP contribution in [0.25, 0.3) is 6.08 Å². The first-order chi connectivity index (χ1) is 25.6. The molecule has 2 heterocycles. The molecule has 0 spiro atoms. The summed E-state index contributed by atoms with van der Waals surface area (Å²) in [6, 6.07) is 25.9. The number of phenols is 1. The van der Waals surface area contributed by atoms with Gasteiger partial charge >= 0.3 is 0 Å². The average Bonchev–Trinajstić information content (AvgIpc) is 3.55. The van der Waals surface area contributed by atoms with E-state index in [0.29, 0.717) is 21.8 Å². The Morgan fingerprint density at radius 2 is 1.62 bits per heavy atom. The molecule has 2 aliphatic heterocycles. The first kappa shape index (κ1) is 34.0. The third kappa shape index (κ3) is 5.17. The summed E-state index contributed by atoms with van der Waals surface area (Å²) < 4.78 is 5.34. The number of amides is 4. The Morgan fingerprint density at radius 1 is 0.868 bits per heavy atom. The summed E-state index contributed by atoms with van der Waals surface area (Å²) in [5, 5.41) is 21.9. The predicted octanol–water partition coefficient (Wildman–Crippen LogP) is 6.88. The van der Waals surface area contributed by atoms with Gasteiger partial charge in [0.05, 0.1) is 46.6 Å². The standard InChI is InChI=1S/C41H32ClN3O8/c1-53-35-20-23(11-19-34(35)46)10-18-32-29-16-17-30-36(39(49)43(37(30)47)26-12-14-27(15-13-26)45(51)52)31(29)22-33-38(48)44(28-9-5-8-25(42)21-28)40(50)41(32,33)24-6-3-2-4-7-24/h2-16,18-21,30-33,36,46H,17,22H2,1H3. The summed E-state index contributed by atoms with van der Waals surface area (Å²) in [7, 11) is 1.44. The zero-order chi connectivity index (χ0) is 37.2. The number of rotatable bonds is 7. The van der Waals surface area contributed by atoms with Crippen molar-refractivity contribution in [2.75, 3.05) is 16.9 Å². The summed E-state index contributed by atoms with van der Waals surface area (Å²) in [6.45, 7) is 0. The largest absolute Gasteiger partial charge is 0.504 e. The SMILES string of the molecule is COc1cc(C=CC2C3=CCC4C(=O)N(c5ccc([N+](=O)[O-])cc5)C(=O)C4C3CC3C(=O)N(c4cccc(Cl)c4)C(=O)C23c2ccccc2)ccc1O. The summed E-state index contributed by atoms with van der Waals surface area (Å²) in [6.07, 6.45) is 5.98. The molecule has 0 bridgehead atoms. The van der Waals surface area contributed by atoms with Gasteiger partial charge in [-0.05, 0) is 72.4 Å². The first-order valence-electron chi connectivity index (χ1n) is 17.1. The third-order valence-corrected chi connectivity index (χ3v) is 11.5. The van der Waals surface area contributed by atoms with Gasteiger partial charge in [0.15, 0.2) is 11.5 Å². The number of nitro groups is 1. The van der Waals surface area contributed by atoms with Crippen molar-refractivity contribution < 1.29 is 33.9 Å². The topological polar surface area (TPSA) is 147 Å². The third-order valence-electron chi connectivity index (χ3n) is 11.2.